The van der Waals surface area contributed by atoms with Gasteiger partial charge in [0.1, 0.15) is 17.4 Å². The molecule has 0 aliphatic carbocycles. The number of nitriles is 1. The van der Waals surface area contributed by atoms with Gasteiger partial charge in [-0.05, 0) is 40.2 Å². The Morgan fingerprint density at radius 1 is 1.21 bits per heavy atom. The third kappa shape index (κ3) is 7.90. The highest BCUT2D eigenvalue weighted by Gasteiger charge is 2.36. The topological polar surface area (TPSA) is 118 Å². The lowest BCUT2D eigenvalue weighted by Crippen LogP contribution is -2.41. The summed E-state index contributed by atoms with van der Waals surface area (Å²) < 4.78 is 28.6. The number of benzene rings is 1. The number of rotatable bonds is 9. The van der Waals surface area contributed by atoms with Crippen LogP contribution >= 0.6 is 7.60 Å². The molecule has 0 saturated carbocycles. The molecule has 1 aromatic carbocycles. The molecule has 1 unspecified atom stereocenters. The molecule has 29 heavy (non-hydrogen) atoms. The van der Waals surface area contributed by atoms with Crippen LogP contribution < -0.4 is 5.32 Å². The average molecular weight is 424 g/mol. The number of nitrogens with zero attached hydrogens (tertiary/aromatic N) is 1. The summed E-state index contributed by atoms with van der Waals surface area (Å²) in [7, 11) is -4.05. The Hall–Kier alpha value is -2.33. The Morgan fingerprint density at radius 3 is 2.21 bits per heavy atom. The minimum atomic E-state index is -4.05. The van der Waals surface area contributed by atoms with E-state index in [2.05, 4.69) is 5.32 Å². The normalized spacial score (nSPS) is 13.8. The second kappa shape index (κ2) is 11.0. The first kappa shape index (κ1) is 24.7. The number of aliphatic hydroxyl groups excluding tert-OH is 1. The molecular weight excluding hydrogens is 395 g/mol. The van der Waals surface area contributed by atoms with Gasteiger partial charge in [-0.1, -0.05) is 30.3 Å². The van der Waals surface area contributed by atoms with Crippen LogP contribution in [0.4, 0.5) is 4.79 Å². The molecule has 2 N–H and O–H groups in total. The molecule has 1 rings (SSSR count). The number of alkyl carbamates (subject to hydrolysis) is 1. The van der Waals surface area contributed by atoms with Gasteiger partial charge in [0.25, 0.3) is 0 Å². The Bertz CT molecular complexity index is 785. The first-order chi connectivity index (χ1) is 13.6. The zero-order valence-electron chi connectivity index (χ0n) is 17.5. The number of carbonyl (C=O) groups excluding carboxylic acids is 1. The van der Waals surface area contributed by atoms with Crippen LogP contribution in [0.1, 0.15) is 40.2 Å². The molecule has 1 aromatic rings. The average Bonchev–Trinajstić information content (AvgIpc) is 2.61. The lowest BCUT2D eigenvalue weighted by atomic mass is 10.0. The molecule has 160 valence electrons. The highest BCUT2D eigenvalue weighted by atomic mass is 31.2. The Balaban J connectivity index is 3.36. The zero-order chi connectivity index (χ0) is 22.1. The molecule has 1 atom stereocenters. The molecule has 0 spiro atoms. The van der Waals surface area contributed by atoms with Gasteiger partial charge in [-0.3, -0.25) is 4.57 Å². The fourth-order valence-electron chi connectivity index (χ4n) is 2.45. The van der Waals surface area contributed by atoms with Crippen molar-refractivity contribution >= 4 is 13.7 Å². The number of carbonyl (C=O) groups is 1. The number of aliphatic hydroxyl groups is 1. The fraction of sp³-hybridized carbons (Fsp3) is 0.500. The second-order valence-electron chi connectivity index (χ2n) is 7.07. The number of allylic oxidation sites excluding steroid dienone is 1. The van der Waals surface area contributed by atoms with E-state index in [4.69, 9.17) is 13.8 Å². The van der Waals surface area contributed by atoms with E-state index in [1.54, 1.807) is 65.0 Å². The summed E-state index contributed by atoms with van der Waals surface area (Å²) >= 11 is 0. The molecule has 0 heterocycles. The molecule has 0 aliphatic heterocycles. The van der Waals surface area contributed by atoms with Crippen molar-refractivity contribution in [2.24, 2.45) is 0 Å². The maximum atomic E-state index is 13.0. The summed E-state index contributed by atoms with van der Waals surface area (Å²) in [5, 5.41) is 22.4. The summed E-state index contributed by atoms with van der Waals surface area (Å²) in [5.41, 5.74) is 0.0186. The van der Waals surface area contributed by atoms with E-state index in [1.165, 1.54) is 0 Å². The molecule has 8 nitrogen and oxygen atoms in total. The van der Waals surface area contributed by atoms with Gasteiger partial charge in [0.05, 0.1) is 19.3 Å². The molecule has 9 heteroatoms. The number of hydrogen-bond donors (Lipinski definition) is 2. The van der Waals surface area contributed by atoms with Gasteiger partial charge in [-0.2, -0.15) is 5.26 Å². The summed E-state index contributed by atoms with van der Waals surface area (Å²) in [5.74, 6) is -0.590. The van der Waals surface area contributed by atoms with Crippen LogP contribution in [0.2, 0.25) is 0 Å². The minimum Gasteiger partial charge on any atom is -0.508 e. The van der Waals surface area contributed by atoms with Crippen molar-refractivity contribution in [2.45, 2.75) is 52.7 Å². The Morgan fingerprint density at radius 2 is 1.76 bits per heavy atom. The summed E-state index contributed by atoms with van der Waals surface area (Å²) in [4.78, 5) is 12.3. The summed E-state index contributed by atoms with van der Waals surface area (Å²) in [6, 6.07) is 9.68. The molecule has 1 amide bonds. The van der Waals surface area contributed by atoms with Crippen LogP contribution in [0, 0.1) is 11.3 Å². The van der Waals surface area contributed by atoms with Gasteiger partial charge in [-0.25, -0.2) is 4.79 Å². The van der Waals surface area contributed by atoms with Crippen molar-refractivity contribution < 1.29 is 28.3 Å². The molecule has 0 radical (unpaired) electrons. The smallest absolute Gasteiger partial charge is 0.408 e. The van der Waals surface area contributed by atoms with E-state index in [1.807, 2.05) is 6.07 Å². The molecular formula is C20H29N2O6P. The quantitative estimate of drug-likeness (QED) is 0.336. The van der Waals surface area contributed by atoms with Crippen molar-refractivity contribution in [3.05, 3.63) is 47.0 Å². The zero-order valence-corrected chi connectivity index (χ0v) is 18.4. The number of ether oxygens (including phenoxy) is 1. The van der Waals surface area contributed by atoms with Crippen molar-refractivity contribution in [1.82, 2.24) is 5.32 Å². The Kier molecular flexibility index (Phi) is 9.38. The molecule has 0 saturated heterocycles. The van der Waals surface area contributed by atoms with Crippen LogP contribution in [0.15, 0.2) is 41.4 Å². The van der Waals surface area contributed by atoms with Gasteiger partial charge in [0, 0.05) is 6.42 Å². The first-order valence-electron chi connectivity index (χ1n) is 9.32. The van der Waals surface area contributed by atoms with Gasteiger partial charge < -0.3 is 24.2 Å². The van der Waals surface area contributed by atoms with Crippen LogP contribution in [0.3, 0.4) is 0 Å². The SMILES string of the molecule is CCOP(=O)(OCC)/C(C#N)=C(\O)C(Cc1ccccc1)NC(=O)OC(C)(C)C. The predicted octanol–water partition coefficient (Wildman–Crippen LogP) is 4.68. The molecule has 0 aliphatic rings. The van der Waals surface area contributed by atoms with Crippen LogP contribution in [-0.2, 0) is 24.8 Å². The second-order valence-corrected chi connectivity index (χ2v) is 9.03. The van der Waals surface area contributed by atoms with Gasteiger partial charge in [0.15, 0.2) is 5.31 Å². The maximum Gasteiger partial charge on any atom is 0.408 e. The van der Waals surface area contributed by atoms with Crippen LogP contribution in [-0.4, -0.2) is 36.1 Å². The molecule has 0 aromatic heterocycles. The van der Waals surface area contributed by atoms with E-state index < -0.39 is 36.4 Å². The van der Waals surface area contributed by atoms with Crippen molar-refractivity contribution in [2.75, 3.05) is 13.2 Å². The van der Waals surface area contributed by atoms with Crippen molar-refractivity contribution in [3.8, 4) is 6.07 Å². The third-order valence-corrected chi connectivity index (χ3v) is 5.60. The van der Waals surface area contributed by atoms with Gasteiger partial charge in [0.2, 0.25) is 0 Å². The van der Waals surface area contributed by atoms with Crippen LogP contribution in [0.25, 0.3) is 0 Å². The first-order valence-corrected chi connectivity index (χ1v) is 10.9. The van der Waals surface area contributed by atoms with Crippen molar-refractivity contribution in [1.29, 1.82) is 5.26 Å². The number of hydrogen-bond acceptors (Lipinski definition) is 7. The highest BCUT2D eigenvalue weighted by Crippen LogP contribution is 2.56. The van der Waals surface area contributed by atoms with E-state index in [9.17, 15) is 19.7 Å². The molecule has 0 fully saturated rings. The van der Waals surface area contributed by atoms with Crippen LogP contribution in [0.5, 0.6) is 0 Å². The largest absolute Gasteiger partial charge is 0.508 e. The monoisotopic (exact) mass is 424 g/mol. The standard InChI is InChI=1S/C20H29N2O6P/c1-6-26-29(25,27-7-2)17(14-21)18(23)16(13-15-11-9-8-10-12-15)22-19(24)28-20(3,4)5/h8-12,16,23H,6-7,13H2,1-5H3,(H,22,24)/b18-17-. The minimum absolute atomic E-state index is 0.0125. The van der Waals surface area contributed by atoms with Gasteiger partial charge >= 0.3 is 13.7 Å². The third-order valence-electron chi connectivity index (χ3n) is 3.52. The summed E-state index contributed by atoms with van der Waals surface area (Å²) in [6.07, 6.45) is -0.653. The fourth-order valence-corrected chi connectivity index (χ4v) is 4.02. The lowest BCUT2D eigenvalue weighted by Gasteiger charge is -2.25. The Labute approximate surface area is 172 Å². The maximum absolute atomic E-state index is 13.0. The lowest BCUT2D eigenvalue weighted by molar-refractivity contribution is 0.0500. The molecule has 0 bridgehead atoms. The van der Waals surface area contributed by atoms with E-state index in [0.29, 0.717) is 0 Å². The van der Waals surface area contributed by atoms with E-state index in [-0.39, 0.29) is 19.6 Å². The van der Waals surface area contributed by atoms with Gasteiger partial charge in [-0.15, -0.1) is 0 Å². The highest BCUT2D eigenvalue weighted by molar-refractivity contribution is 7.58. The number of amides is 1. The van der Waals surface area contributed by atoms with Crippen molar-refractivity contribution in [3.63, 3.8) is 0 Å². The van der Waals surface area contributed by atoms with E-state index in [0.717, 1.165) is 5.56 Å². The van der Waals surface area contributed by atoms with E-state index >= 15 is 0 Å². The number of nitrogens with one attached hydrogen (secondary N) is 1. The predicted molar refractivity (Wildman–Crippen MR) is 109 cm³/mol. The summed E-state index contributed by atoms with van der Waals surface area (Å²) in [6.45, 7) is 8.32.